The number of benzene rings is 2. The molecule has 0 aliphatic carbocycles. The number of nitrogens with zero attached hydrogens (tertiary/aromatic N) is 1. The molecule has 3 heteroatoms. The Morgan fingerprint density at radius 2 is 1.80 bits per heavy atom. The maximum atomic E-state index is 11.7. The Labute approximate surface area is 117 Å². The molecule has 1 amide bonds. The summed E-state index contributed by atoms with van der Waals surface area (Å²) >= 11 is 0. The van der Waals surface area contributed by atoms with Gasteiger partial charge in [0.15, 0.2) is 0 Å². The molecule has 2 aromatic rings. The van der Waals surface area contributed by atoms with Crippen molar-refractivity contribution in [3.8, 4) is 11.1 Å². The molecule has 0 radical (unpaired) electrons. The largest absolute Gasteiger partial charge is 0.312 e. The van der Waals surface area contributed by atoms with E-state index in [1.165, 1.54) is 0 Å². The van der Waals surface area contributed by atoms with Crippen molar-refractivity contribution in [2.24, 2.45) is 0 Å². The molecule has 0 bridgehead atoms. The van der Waals surface area contributed by atoms with Crippen molar-refractivity contribution in [3.05, 3.63) is 54.1 Å². The molecule has 0 aromatic heterocycles. The highest BCUT2D eigenvalue weighted by Gasteiger charge is 2.21. The van der Waals surface area contributed by atoms with E-state index in [0.717, 1.165) is 36.1 Å². The Hall–Kier alpha value is -2.42. The lowest BCUT2D eigenvalue weighted by molar-refractivity contribution is -0.117. The van der Waals surface area contributed by atoms with Crippen molar-refractivity contribution in [1.82, 2.24) is 0 Å². The van der Waals surface area contributed by atoms with Crippen LogP contribution in [0.4, 0.5) is 5.69 Å². The topological polar surface area (TPSA) is 37.4 Å². The van der Waals surface area contributed by atoms with Gasteiger partial charge in [-0.25, -0.2) is 0 Å². The second-order valence-corrected chi connectivity index (χ2v) is 4.94. The lowest BCUT2D eigenvalue weighted by Gasteiger charge is -2.16. The number of rotatable bonds is 3. The third-order valence-electron chi connectivity index (χ3n) is 3.61. The maximum Gasteiger partial charge on any atom is 0.227 e. The van der Waals surface area contributed by atoms with Gasteiger partial charge in [0, 0.05) is 24.2 Å². The first-order valence-electron chi connectivity index (χ1n) is 6.74. The molecule has 0 atom stereocenters. The lowest BCUT2D eigenvalue weighted by atomic mass is 10.0. The zero-order valence-corrected chi connectivity index (χ0v) is 11.1. The summed E-state index contributed by atoms with van der Waals surface area (Å²) in [6.45, 7) is 0.804. The fraction of sp³-hybridized carbons (Fsp3) is 0.176. The van der Waals surface area contributed by atoms with Gasteiger partial charge in [-0.05, 0) is 35.7 Å². The van der Waals surface area contributed by atoms with Gasteiger partial charge in [0.2, 0.25) is 5.91 Å². The molecule has 0 spiro atoms. The fourth-order valence-corrected chi connectivity index (χ4v) is 2.55. The molecule has 1 saturated heterocycles. The van der Waals surface area contributed by atoms with Crippen molar-refractivity contribution in [2.45, 2.75) is 12.8 Å². The number of hydrogen-bond acceptors (Lipinski definition) is 2. The summed E-state index contributed by atoms with van der Waals surface area (Å²) in [7, 11) is 0. The highest BCUT2D eigenvalue weighted by atomic mass is 16.2. The fourth-order valence-electron chi connectivity index (χ4n) is 2.55. The van der Waals surface area contributed by atoms with Crippen molar-refractivity contribution in [3.63, 3.8) is 0 Å². The Balaban J connectivity index is 1.88. The quantitative estimate of drug-likeness (QED) is 0.798. The molecule has 20 heavy (non-hydrogen) atoms. The van der Waals surface area contributed by atoms with Crippen LogP contribution in [0.3, 0.4) is 0 Å². The van der Waals surface area contributed by atoms with Crippen molar-refractivity contribution in [1.29, 1.82) is 0 Å². The van der Waals surface area contributed by atoms with Gasteiger partial charge in [0.05, 0.1) is 0 Å². The zero-order chi connectivity index (χ0) is 13.9. The van der Waals surface area contributed by atoms with Gasteiger partial charge in [-0.1, -0.05) is 30.3 Å². The molecule has 1 fully saturated rings. The second-order valence-electron chi connectivity index (χ2n) is 4.94. The van der Waals surface area contributed by atoms with Crippen molar-refractivity contribution in [2.75, 3.05) is 11.4 Å². The molecule has 1 aliphatic heterocycles. The van der Waals surface area contributed by atoms with Crippen LogP contribution in [0.25, 0.3) is 11.1 Å². The molecular formula is C17H15NO2. The van der Waals surface area contributed by atoms with Crippen molar-refractivity contribution >= 4 is 17.9 Å². The maximum absolute atomic E-state index is 11.7. The van der Waals surface area contributed by atoms with E-state index >= 15 is 0 Å². The highest BCUT2D eigenvalue weighted by molar-refractivity contribution is 5.95. The van der Waals surface area contributed by atoms with Gasteiger partial charge >= 0.3 is 0 Å². The Morgan fingerprint density at radius 1 is 1.00 bits per heavy atom. The van der Waals surface area contributed by atoms with E-state index in [1.54, 1.807) is 6.07 Å². The van der Waals surface area contributed by atoms with Crippen LogP contribution in [0.2, 0.25) is 0 Å². The number of aldehydes is 1. The average molecular weight is 265 g/mol. The third kappa shape index (κ3) is 2.35. The Bertz CT molecular complexity index is 646. The number of anilines is 1. The van der Waals surface area contributed by atoms with Crippen LogP contribution >= 0.6 is 0 Å². The lowest BCUT2D eigenvalue weighted by Crippen LogP contribution is -2.23. The minimum Gasteiger partial charge on any atom is -0.312 e. The van der Waals surface area contributed by atoms with Gasteiger partial charge in [0.1, 0.15) is 6.29 Å². The number of carbonyl (C=O) groups excluding carboxylic acids is 2. The SMILES string of the molecule is O=Cc1cccc(-c2ccc(N3CCCC3=O)cc2)c1. The summed E-state index contributed by atoms with van der Waals surface area (Å²) < 4.78 is 0. The molecule has 3 rings (SSSR count). The van der Waals surface area contributed by atoms with E-state index in [0.29, 0.717) is 12.0 Å². The van der Waals surface area contributed by atoms with Gasteiger partial charge < -0.3 is 4.90 Å². The molecule has 3 nitrogen and oxygen atoms in total. The van der Waals surface area contributed by atoms with Crippen LogP contribution < -0.4 is 4.90 Å². The predicted octanol–water partition coefficient (Wildman–Crippen LogP) is 3.29. The molecule has 2 aromatic carbocycles. The average Bonchev–Trinajstić information content (AvgIpc) is 2.94. The molecule has 0 N–H and O–H groups in total. The summed E-state index contributed by atoms with van der Waals surface area (Å²) in [5.41, 5.74) is 3.67. The van der Waals surface area contributed by atoms with Crippen LogP contribution in [0.1, 0.15) is 23.2 Å². The standard InChI is InChI=1S/C17H15NO2/c19-12-13-3-1-4-15(11-13)14-6-8-16(9-7-14)18-10-2-5-17(18)20/h1,3-4,6-9,11-12H,2,5,10H2. The number of hydrogen-bond donors (Lipinski definition) is 0. The monoisotopic (exact) mass is 265 g/mol. The first kappa shape index (κ1) is 12.6. The first-order chi connectivity index (χ1) is 9.78. The molecule has 1 aliphatic rings. The summed E-state index contributed by atoms with van der Waals surface area (Å²) in [5.74, 6) is 0.195. The van der Waals surface area contributed by atoms with Gasteiger partial charge in [-0.3, -0.25) is 9.59 Å². The molecule has 0 unspecified atom stereocenters. The normalized spacial score (nSPS) is 14.6. The summed E-state index contributed by atoms with van der Waals surface area (Å²) in [6.07, 6.45) is 2.42. The van der Waals surface area contributed by atoms with Crippen LogP contribution in [-0.4, -0.2) is 18.7 Å². The predicted molar refractivity (Wildman–Crippen MR) is 78.9 cm³/mol. The van der Waals surface area contributed by atoms with E-state index in [4.69, 9.17) is 0 Å². The first-order valence-corrected chi connectivity index (χ1v) is 6.74. The molecule has 100 valence electrons. The van der Waals surface area contributed by atoms with Crippen LogP contribution in [-0.2, 0) is 4.79 Å². The molecule has 1 heterocycles. The van der Waals surface area contributed by atoms with E-state index in [-0.39, 0.29) is 5.91 Å². The van der Waals surface area contributed by atoms with Crippen LogP contribution in [0, 0.1) is 0 Å². The van der Waals surface area contributed by atoms with E-state index < -0.39 is 0 Å². The second kappa shape index (κ2) is 5.29. The number of carbonyl (C=O) groups is 2. The Morgan fingerprint density at radius 3 is 2.45 bits per heavy atom. The van der Waals surface area contributed by atoms with E-state index in [9.17, 15) is 9.59 Å². The van der Waals surface area contributed by atoms with Gasteiger partial charge in [-0.15, -0.1) is 0 Å². The minimum absolute atomic E-state index is 0.195. The van der Waals surface area contributed by atoms with Gasteiger partial charge in [0.25, 0.3) is 0 Å². The smallest absolute Gasteiger partial charge is 0.227 e. The van der Waals surface area contributed by atoms with Crippen LogP contribution in [0.15, 0.2) is 48.5 Å². The summed E-state index contributed by atoms with van der Waals surface area (Å²) in [6, 6.07) is 15.4. The van der Waals surface area contributed by atoms with Crippen LogP contribution in [0.5, 0.6) is 0 Å². The molecule has 0 saturated carbocycles. The zero-order valence-electron chi connectivity index (χ0n) is 11.1. The minimum atomic E-state index is 0.195. The van der Waals surface area contributed by atoms with E-state index in [2.05, 4.69) is 0 Å². The summed E-state index contributed by atoms with van der Waals surface area (Å²) in [5, 5.41) is 0. The number of amides is 1. The third-order valence-corrected chi connectivity index (χ3v) is 3.61. The van der Waals surface area contributed by atoms with Crippen molar-refractivity contribution < 1.29 is 9.59 Å². The highest BCUT2D eigenvalue weighted by Crippen LogP contribution is 2.26. The summed E-state index contributed by atoms with van der Waals surface area (Å²) in [4.78, 5) is 24.3. The Kier molecular flexibility index (Phi) is 3.33. The van der Waals surface area contributed by atoms with Gasteiger partial charge in [-0.2, -0.15) is 0 Å². The molecular weight excluding hydrogens is 250 g/mol. The van der Waals surface area contributed by atoms with E-state index in [1.807, 2.05) is 47.4 Å².